The van der Waals surface area contributed by atoms with Gasteiger partial charge in [0.15, 0.2) is 0 Å². The van der Waals surface area contributed by atoms with Gasteiger partial charge in [-0.05, 0) is 54.9 Å². The van der Waals surface area contributed by atoms with E-state index in [1.54, 1.807) is 0 Å². The van der Waals surface area contributed by atoms with E-state index in [2.05, 4.69) is 59.4 Å². The van der Waals surface area contributed by atoms with Crippen LogP contribution >= 0.6 is 0 Å². The summed E-state index contributed by atoms with van der Waals surface area (Å²) >= 11 is 0. The van der Waals surface area contributed by atoms with Gasteiger partial charge < -0.3 is 9.88 Å². The highest BCUT2D eigenvalue weighted by Gasteiger charge is 2.23. The fraction of sp³-hybridized carbons (Fsp3) is 0.348. The number of fused-ring (bicyclic) bond motifs is 1. The SMILES string of the molecule is Cc1ccccc1CC(=O)N1CCC(Cc2c[nH]c3ccccc23)CC1. The zero-order chi connectivity index (χ0) is 17.9. The van der Waals surface area contributed by atoms with Gasteiger partial charge in [-0.25, -0.2) is 0 Å². The number of carbonyl (C=O) groups excluding carboxylic acids is 1. The molecule has 1 aromatic heterocycles. The zero-order valence-corrected chi connectivity index (χ0v) is 15.4. The van der Waals surface area contributed by atoms with Gasteiger partial charge in [0.25, 0.3) is 0 Å². The number of nitrogens with one attached hydrogen (secondary N) is 1. The van der Waals surface area contributed by atoms with Gasteiger partial charge in [-0.3, -0.25) is 4.79 Å². The highest BCUT2D eigenvalue weighted by atomic mass is 16.2. The maximum Gasteiger partial charge on any atom is 0.226 e. The van der Waals surface area contributed by atoms with Crippen molar-refractivity contribution < 1.29 is 4.79 Å². The molecule has 0 aliphatic carbocycles. The van der Waals surface area contributed by atoms with Gasteiger partial charge in [0.1, 0.15) is 0 Å². The van der Waals surface area contributed by atoms with Crippen LogP contribution in [0.1, 0.15) is 29.5 Å². The molecular formula is C23H26N2O. The third-order valence-electron chi connectivity index (χ3n) is 5.75. The fourth-order valence-electron chi connectivity index (χ4n) is 4.08. The van der Waals surface area contributed by atoms with Gasteiger partial charge >= 0.3 is 0 Å². The summed E-state index contributed by atoms with van der Waals surface area (Å²) in [5.74, 6) is 0.932. The van der Waals surface area contributed by atoms with Crippen molar-refractivity contribution in [2.24, 2.45) is 5.92 Å². The van der Waals surface area contributed by atoms with E-state index in [-0.39, 0.29) is 5.91 Å². The van der Waals surface area contributed by atoms with E-state index in [0.717, 1.165) is 37.9 Å². The second-order valence-electron chi connectivity index (χ2n) is 7.49. The standard InChI is InChI=1S/C23H26N2O/c1-17-6-2-3-7-19(17)15-23(26)25-12-10-18(11-13-25)14-20-16-24-22-9-5-4-8-21(20)22/h2-9,16,18,24H,10-15H2,1H3. The highest BCUT2D eigenvalue weighted by molar-refractivity contribution is 5.83. The van der Waals surface area contributed by atoms with E-state index >= 15 is 0 Å². The average molecular weight is 346 g/mol. The van der Waals surface area contributed by atoms with Crippen molar-refractivity contribution in [2.45, 2.75) is 32.6 Å². The summed E-state index contributed by atoms with van der Waals surface area (Å²) in [4.78, 5) is 18.1. The Morgan fingerprint density at radius 1 is 1.04 bits per heavy atom. The largest absolute Gasteiger partial charge is 0.361 e. The van der Waals surface area contributed by atoms with E-state index in [4.69, 9.17) is 0 Å². The molecule has 2 aromatic carbocycles. The summed E-state index contributed by atoms with van der Waals surface area (Å²) in [6.45, 7) is 3.85. The molecule has 3 aromatic rings. The van der Waals surface area contributed by atoms with Crippen molar-refractivity contribution >= 4 is 16.8 Å². The molecule has 26 heavy (non-hydrogen) atoms. The number of hydrogen-bond donors (Lipinski definition) is 1. The number of carbonyl (C=O) groups is 1. The van der Waals surface area contributed by atoms with Crippen LogP contribution in [0.4, 0.5) is 0 Å². The molecule has 0 saturated carbocycles. The van der Waals surface area contributed by atoms with E-state index in [1.807, 2.05) is 12.1 Å². The van der Waals surface area contributed by atoms with Gasteiger partial charge in [-0.1, -0.05) is 42.5 Å². The number of hydrogen-bond acceptors (Lipinski definition) is 1. The monoisotopic (exact) mass is 346 g/mol. The number of aryl methyl sites for hydroxylation is 1. The van der Waals surface area contributed by atoms with E-state index < -0.39 is 0 Å². The Balaban J connectivity index is 1.34. The Labute approximate surface area is 155 Å². The van der Waals surface area contributed by atoms with Crippen LogP contribution in [0, 0.1) is 12.8 Å². The maximum atomic E-state index is 12.6. The lowest BCUT2D eigenvalue weighted by atomic mass is 9.90. The van der Waals surface area contributed by atoms with Gasteiger partial charge in [-0.2, -0.15) is 0 Å². The van der Waals surface area contributed by atoms with Gasteiger partial charge in [0.05, 0.1) is 6.42 Å². The molecule has 0 spiro atoms. The zero-order valence-electron chi connectivity index (χ0n) is 15.4. The lowest BCUT2D eigenvalue weighted by Crippen LogP contribution is -2.39. The van der Waals surface area contributed by atoms with Crippen molar-refractivity contribution in [1.82, 2.24) is 9.88 Å². The third-order valence-corrected chi connectivity index (χ3v) is 5.75. The number of nitrogens with zero attached hydrogens (tertiary/aromatic N) is 1. The smallest absolute Gasteiger partial charge is 0.226 e. The summed E-state index contributed by atoms with van der Waals surface area (Å²) in [6.07, 6.45) is 5.97. The Morgan fingerprint density at radius 3 is 2.58 bits per heavy atom. The quantitative estimate of drug-likeness (QED) is 0.742. The molecule has 1 N–H and O–H groups in total. The molecule has 3 heteroatoms. The molecule has 1 aliphatic rings. The van der Waals surface area contributed by atoms with Crippen LogP contribution in [-0.2, 0) is 17.6 Å². The number of aromatic amines is 1. The molecule has 1 saturated heterocycles. The highest BCUT2D eigenvalue weighted by Crippen LogP contribution is 2.26. The average Bonchev–Trinajstić information content (AvgIpc) is 3.07. The van der Waals surface area contributed by atoms with Crippen LogP contribution in [0.3, 0.4) is 0 Å². The first-order chi connectivity index (χ1) is 12.7. The summed E-state index contributed by atoms with van der Waals surface area (Å²) in [6, 6.07) is 16.7. The lowest BCUT2D eigenvalue weighted by Gasteiger charge is -2.32. The van der Waals surface area contributed by atoms with Crippen molar-refractivity contribution in [3.63, 3.8) is 0 Å². The molecule has 3 nitrogen and oxygen atoms in total. The number of rotatable bonds is 4. The Hall–Kier alpha value is -2.55. The minimum absolute atomic E-state index is 0.268. The molecule has 1 fully saturated rings. The molecule has 134 valence electrons. The minimum Gasteiger partial charge on any atom is -0.361 e. The van der Waals surface area contributed by atoms with Crippen LogP contribution in [-0.4, -0.2) is 28.9 Å². The number of benzene rings is 2. The van der Waals surface area contributed by atoms with E-state index in [1.165, 1.54) is 22.0 Å². The molecule has 1 aliphatic heterocycles. The van der Waals surface area contributed by atoms with E-state index in [0.29, 0.717) is 12.3 Å². The van der Waals surface area contributed by atoms with Crippen LogP contribution in [0.2, 0.25) is 0 Å². The maximum absolute atomic E-state index is 12.6. The number of amides is 1. The predicted octanol–water partition coefficient (Wildman–Crippen LogP) is 4.50. The number of likely N-dealkylation sites (tertiary alicyclic amines) is 1. The van der Waals surface area contributed by atoms with Crippen LogP contribution in [0.5, 0.6) is 0 Å². The Kier molecular flexibility index (Phi) is 4.79. The first-order valence-corrected chi connectivity index (χ1v) is 9.58. The van der Waals surface area contributed by atoms with Crippen molar-refractivity contribution in [3.05, 3.63) is 71.4 Å². The summed E-state index contributed by atoms with van der Waals surface area (Å²) in [5, 5.41) is 1.34. The molecule has 0 radical (unpaired) electrons. The number of piperidine rings is 1. The Morgan fingerprint density at radius 2 is 1.77 bits per heavy atom. The van der Waals surface area contributed by atoms with Crippen LogP contribution in [0.25, 0.3) is 10.9 Å². The van der Waals surface area contributed by atoms with Gasteiger partial charge in [0.2, 0.25) is 5.91 Å². The Bertz CT molecular complexity index is 903. The predicted molar refractivity (Wildman–Crippen MR) is 106 cm³/mol. The van der Waals surface area contributed by atoms with Crippen molar-refractivity contribution in [3.8, 4) is 0 Å². The summed E-state index contributed by atoms with van der Waals surface area (Å²) in [5.41, 5.74) is 4.98. The first kappa shape index (κ1) is 16.9. The number of H-pyrrole nitrogens is 1. The first-order valence-electron chi connectivity index (χ1n) is 9.58. The molecule has 2 heterocycles. The molecule has 0 bridgehead atoms. The van der Waals surface area contributed by atoms with Crippen LogP contribution < -0.4 is 0 Å². The molecular weight excluding hydrogens is 320 g/mol. The number of aromatic nitrogens is 1. The molecule has 0 unspecified atom stereocenters. The summed E-state index contributed by atoms with van der Waals surface area (Å²) in [7, 11) is 0. The molecule has 0 atom stereocenters. The van der Waals surface area contributed by atoms with Crippen molar-refractivity contribution in [2.75, 3.05) is 13.1 Å². The molecule has 4 rings (SSSR count). The normalized spacial score (nSPS) is 15.5. The van der Waals surface area contributed by atoms with Crippen molar-refractivity contribution in [1.29, 1.82) is 0 Å². The minimum atomic E-state index is 0.268. The third kappa shape index (κ3) is 3.52. The van der Waals surface area contributed by atoms with E-state index in [9.17, 15) is 4.79 Å². The lowest BCUT2D eigenvalue weighted by molar-refractivity contribution is -0.131. The number of para-hydroxylation sites is 1. The van der Waals surface area contributed by atoms with Gasteiger partial charge in [0, 0.05) is 30.2 Å². The fourth-order valence-corrected chi connectivity index (χ4v) is 4.08. The second-order valence-corrected chi connectivity index (χ2v) is 7.49. The van der Waals surface area contributed by atoms with Gasteiger partial charge in [-0.15, -0.1) is 0 Å². The topological polar surface area (TPSA) is 36.1 Å². The molecule has 1 amide bonds. The second kappa shape index (κ2) is 7.36. The summed E-state index contributed by atoms with van der Waals surface area (Å²) < 4.78 is 0. The van der Waals surface area contributed by atoms with Crippen LogP contribution in [0.15, 0.2) is 54.7 Å².